The highest BCUT2D eigenvalue weighted by molar-refractivity contribution is 5.98. The molecule has 16 heavy (non-hydrogen) atoms. The van der Waals surface area contributed by atoms with Crippen molar-refractivity contribution in [1.29, 1.82) is 0 Å². The van der Waals surface area contributed by atoms with Crippen molar-refractivity contribution in [2.75, 3.05) is 13.7 Å². The zero-order chi connectivity index (χ0) is 12.0. The summed E-state index contributed by atoms with van der Waals surface area (Å²) < 4.78 is 5.09. The monoisotopic (exact) mass is 222 g/mol. The van der Waals surface area contributed by atoms with Crippen LogP contribution in [0.5, 0.6) is 5.75 Å². The Morgan fingerprint density at radius 2 is 2.38 bits per heavy atom. The fraction of sp³-hybridized carbons (Fsp3) is 0.500. The van der Waals surface area contributed by atoms with E-state index in [1.165, 1.54) is 7.11 Å². The van der Waals surface area contributed by atoms with Crippen molar-refractivity contribution in [2.24, 2.45) is 0 Å². The maximum absolute atomic E-state index is 11.8. The van der Waals surface area contributed by atoms with Gasteiger partial charge in [-0.05, 0) is 25.5 Å². The van der Waals surface area contributed by atoms with Crippen molar-refractivity contribution < 1.29 is 9.53 Å². The third-order valence-electron chi connectivity index (χ3n) is 2.48. The van der Waals surface area contributed by atoms with Gasteiger partial charge in [-0.25, -0.2) is 4.98 Å². The number of rotatable bonds is 6. The number of ketones is 1. The largest absolute Gasteiger partial charge is 0.494 e. The van der Waals surface area contributed by atoms with E-state index in [4.69, 9.17) is 4.74 Å². The van der Waals surface area contributed by atoms with Crippen molar-refractivity contribution in [3.8, 4) is 5.75 Å². The van der Waals surface area contributed by atoms with E-state index >= 15 is 0 Å². The number of Topliss-reactive ketones (excluding diaryl/α,β-unsaturated/α-hetero) is 1. The van der Waals surface area contributed by atoms with Gasteiger partial charge in [0.05, 0.1) is 13.7 Å². The van der Waals surface area contributed by atoms with Gasteiger partial charge in [-0.3, -0.25) is 4.79 Å². The number of methoxy groups -OCH3 is 1. The number of nitrogens with zero attached hydrogens (tertiary/aromatic N) is 1. The quantitative estimate of drug-likeness (QED) is 0.744. The number of carbonyl (C=O) groups is 1. The SMILES string of the molecule is CCC(C)NCC(=O)c1ncccc1OC. The van der Waals surface area contributed by atoms with Crippen molar-refractivity contribution >= 4 is 5.78 Å². The van der Waals surface area contributed by atoms with E-state index in [-0.39, 0.29) is 5.78 Å². The average molecular weight is 222 g/mol. The molecule has 0 saturated heterocycles. The van der Waals surface area contributed by atoms with Gasteiger partial charge in [0.15, 0.2) is 5.78 Å². The fourth-order valence-electron chi connectivity index (χ4n) is 1.26. The maximum Gasteiger partial charge on any atom is 0.198 e. The average Bonchev–Trinajstić information content (AvgIpc) is 2.35. The molecule has 0 spiro atoms. The first-order chi connectivity index (χ1) is 7.69. The highest BCUT2D eigenvalue weighted by Gasteiger charge is 2.13. The minimum absolute atomic E-state index is 0.0437. The number of ether oxygens (including phenoxy) is 1. The molecule has 1 heterocycles. The van der Waals surface area contributed by atoms with Crippen LogP contribution in [0.4, 0.5) is 0 Å². The number of hydrogen-bond acceptors (Lipinski definition) is 4. The lowest BCUT2D eigenvalue weighted by molar-refractivity contribution is 0.0979. The molecule has 0 aliphatic rings. The molecule has 1 N–H and O–H groups in total. The van der Waals surface area contributed by atoms with Gasteiger partial charge in [-0.15, -0.1) is 0 Å². The van der Waals surface area contributed by atoms with Crippen LogP contribution in [0.1, 0.15) is 30.8 Å². The summed E-state index contributed by atoms with van der Waals surface area (Å²) in [5.74, 6) is 0.483. The Kier molecular flexibility index (Phi) is 4.92. The van der Waals surface area contributed by atoms with Crippen molar-refractivity contribution in [3.05, 3.63) is 24.0 Å². The minimum Gasteiger partial charge on any atom is -0.494 e. The summed E-state index contributed by atoms with van der Waals surface area (Å²) in [5, 5.41) is 3.14. The number of aromatic nitrogens is 1. The van der Waals surface area contributed by atoms with E-state index in [0.29, 0.717) is 24.0 Å². The molecule has 1 aromatic heterocycles. The molecule has 4 heteroatoms. The van der Waals surface area contributed by atoms with Crippen LogP contribution in [0.25, 0.3) is 0 Å². The molecule has 88 valence electrons. The standard InChI is InChI=1S/C12H18N2O2/c1-4-9(2)14-8-10(15)12-11(16-3)6-5-7-13-12/h5-7,9,14H,4,8H2,1-3H3. The summed E-state index contributed by atoms with van der Waals surface area (Å²) in [6, 6.07) is 3.82. The maximum atomic E-state index is 11.8. The highest BCUT2D eigenvalue weighted by Crippen LogP contribution is 2.14. The van der Waals surface area contributed by atoms with Crippen LogP contribution in [-0.2, 0) is 0 Å². The van der Waals surface area contributed by atoms with Crippen molar-refractivity contribution in [3.63, 3.8) is 0 Å². The smallest absolute Gasteiger partial charge is 0.198 e. The van der Waals surface area contributed by atoms with Gasteiger partial charge in [-0.2, -0.15) is 0 Å². The molecule has 0 radical (unpaired) electrons. The third kappa shape index (κ3) is 3.31. The summed E-state index contributed by atoms with van der Waals surface area (Å²) in [5.41, 5.74) is 0.390. The molecule has 4 nitrogen and oxygen atoms in total. The lowest BCUT2D eigenvalue weighted by atomic mass is 10.2. The van der Waals surface area contributed by atoms with E-state index in [1.807, 2.05) is 6.92 Å². The van der Waals surface area contributed by atoms with E-state index in [1.54, 1.807) is 18.3 Å². The summed E-state index contributed by atoms with van der Waals surface area (Å²) in [6.45, 7) is 4.41. The predicted molar refractivity (Wildman–Crippen MR) is 62.9 cm³/mol. The zero-order valence-electron chi connectivity index (χ0n) is 9.99. The molecule has 0 fully saturated rings. The van der Waals surface area contributed by atoms with Crippen LogP contribution in [0.2, 0.25) is 0 Å². The first-order valence-electron chi connectivity index (χ1n) is 5.44. The lowest BCUT2D eigenvalue weighted by Gasteiger charge is -2.11. The van der Waals surface area contributed by atoms with Crippen LogP contribution in [0.3, 0.4) is 0 Å². The van der Waals surface area contributed by atoms with Crippen molar-refractivity contribution in [1.82, 2.24) is 10.3 Å². The summed E-state index contributed by atoms with van der Waals surface area (Å²) in [7, 11) is 1.54. The Morgan fingerprint density at radius 3 is 3.00 bits per heavy atom. The lowest BCUT2D eigenvalue weighted by Crippen LogP contribution is -2.31. The second-order valence-corrected chi connectivity index (χ2v) is 3.67. The van der Waals surface area contributed by atoms with Crippen LogP contribution in [-0.4, -0.2) is 30.5 Å². The van der Waals surface area contributed by atoms with Gasteiger partial charge in [0.2, 0.25) is 0 Å². The van der Waals surface area contributed by atoms with Crippen LogP contribution in [0.15, 0.2) is 18.3 Å². The highest BCUT2D eigenvalue weighted by atomic mass is 16.5. The van der Waals surface area contributed by atoms with Gasteiger partial charge in [-0.1, -0.05) is 6.92 Å². The number of hydrogen-bond donors (Lipinski definition) is 1. The molecule has 0 aliphatic heterocycles. The Morgan fingerprint density at radius 1 is 1.62 bits per heavy atom. The van der Waals surface area contributed by atoms with Gasteiger partial charge >= 0.3 is 0 Å². The molecule has 0 bridgehead atoms. The van der Waals surface area contributed by atoms with Gasteiger partial charge in [0.25, 0.3) is 0 Å². The molecule has 1 rings (SSSR count). The normalized spacial score (nSPS) is 12.2. The predicted octanol–water partition coefficient (Wildman–Crippen LogP) is 1.66. The van der Waals surface area contributed by atoms with Crippen LogP contribution < -0.4 is 10.1 Å². The Labute approximate surface area is 96.0 Å². The van der Waals surface area contributed by atoms with E-state index in [0.717, 1.165) is 6.42 Å². The Hall–Kier alpha value is -1.42. The van der Waals surface area contributed by atoms with Crippen molar-refractivity contribution in [2.45, 2.75) is 26.3 Å². The molecule has 0 aliphatic carbocycles. The molecule has 0 amide bonds. The van der Waals surface area contributed by atoms with Crippen LogP contribution in [0, 0.1) is 0 Å². The van der Waals surface area contributed by atoms with E-state index < -0.39 is 0 Å². The second-order valence-electron chi connectivity index (χ2n) is 3.67. The molecule has 1 unspecified atom stereocenters. The summed E-state index contributed by atoms with van der Waals surface area (Å²) >= 11 is 0. The molecule has 1 aromatic rings. The molecular weight excluding hydrogens is 204 g/mol. The molecule has 1 atom stereocenters. The van der Waals surface area contributed by atoms with Gasteiger partial charge in [0.1, 0.15) is 11.4 Å². The second kappa shape index (κ2) is 6.23. The third-order valence-corrected chi connectivity index (χ3v) is 2.48. The Balaban J connectivity index is 2.65. The molecule has 0 aromatic carbocycles. The Bertz CT molecular complexity index is 353. The number of pyridine rings is 1. The zero-order valence-corrected chi connectivity index (χ0v) is 9.99. The van der Waals surface area contributed by atoms with Gasteiger partial charge < -0.3 is 10.1 Å². The summed E-state index contributed by atoms with van der Waals surface area (Å²) in [6.07, 6.45) is 2.59. The molecular formula is C12H18N2O2. The van der Waals surface area contributed by atoms with E-state index in [9.17, 15) is 4.79 Å². The minimum atomic E-state index is -0.0437. The van der Waals surface area contributed by atoms with E-state index in [2.05, 4.69) is 17.2 Å². The molecule has 0 saturated carbocycles. The summed E-state index contributed by atoms with van der Waals surface area (Å²) in [4.78, 5) is 15.9. The first kappa shape index (κ1) is 12.6. The number of carbonyl (C=O) groups excluding carboxylic acids is 1. The fourth-order valence-corrected chi connectivity index (χ4v) is 1.26. The topological polar surface area (TPSA) is 51.2 Å². The number of nitrogens with one attached hydrogen (secondary N) is 1. The first-order valence-corrected chi connectivity index (χ1v) is 5.44. The van der Waals surface area contributed by atoms with Gasteiger partial charge in [0, 0.05) is 12.2 Å². The van der Waals surface area contributed by atoms with Crippen LogP contribution >= 0.6 is 0 Å².